The van der Waals surface area contributed by atoms with E-state index >= 15 is 0 Å². The van der Waals surface area contributed by atoms with Crippen molar-refractivity contribution in [3.8, 4) is 0 Å². The van der Waals surface area contributed by atoms with E-state index in [1.54, 1.807) is 4.44 Å². The molecule has 0 saturated heterocycles. The van der Waals surface area contributed by atoms with Crippen molar-refractivity contribution in [1.82, 2.24) is 9.19 Å². The van der Waals surface area contributed by atoms with Gasteiger partial charge in [-0.1, -0.05) is 34.6 Å². The topological polar surface area (TPSA) is 25.8 Å². The molecule has 0 atom stereocenters. The standard InChI is InChI=1S/C10H15.C8H12N2Se.C8H13Se.Co/c1-6-7(2)9(4)10(5)8(6)3;1-2-4-6-8-7(5-3-1)9-10-11-8;9-8-6-4-2-1-3-5-7-8;/h1-5H3;1-6H2;6H,1-5,7H2;/q-1;;-1;. The summed E-state index contributed by atoms with van der Waals surface area (Å²) in [5.41, 5.74) is 8.68. The summed E-state index contributed by atoms with van der Waals surface area (Å²) in [5, 5.41) is 4.19. The molecule has 1 saturated carbocycles. The molecule has 1 aromatic heterocycles. The van der Waals surface area contributed by atoms with Crippen molar-refractivity contribution in [2.75, 3.05) is 0 Å². The van der Waals surface area contributed by atoms with Crippen LogP contribution in [0.3, 0.4) is 0 Å². The molecule has 0 N–H and O–H groups in total. The van der Waals surface area contributed by atoms with Gasteiger partial charge in [0.15, 0.2) is 0 Å². The zero-order chi connectivity index (χ0) is 21.9. The first kappa shape index (κ1) is 29.0. The Morgan fingerprint density at radius 1 is 0.806 bits per heavy atom. The number of aryl methyl sites for hydroxylation is 2. The molecule has 1 fully saturated rings. The Kier molecular flexibility index (Phi) is 14.7. The van der Waals surface area contributed by atoms with Crippen LogP contribution in [0, 0.1) is 41.0 Å². The molecule has 0 spiro atoms. The minimum atomic E-state index is 0. The minimum absolute atomic E-state index is 0. The molecule has 177 valence electrons. The Morgan fingerprint density at radius 3 is 1.94 bits per heavy atom. The third-order valence-electron chi connectivity index (χ3n) is 6.76. The van der Waals surface area contributed by atoms with Gasteiger partial charge in [0, 0.05) is 16.8 Å². The molecule has 0 bridgehead atoms. The van der Waals surface area contributed by atoms with E-state index in [1.165, 1.54) is 115 Å². The maximum atomic E-state index is 4.19. The van der Waals surface area contributed by atoms with E-state index in [0.717, 1.165) is 0 Å². The second-order valence-corrected chi connectivity index (χ2v) is 11.7. The van der Waals surface area contributed by atoms with E-state index in [4.69, 9.17) is 0 Å². The van der Waals surface area contributed by atoms with Gasteiger partial charge in [0.1, 0.15) is 0 Å². The zero-order valence-electron chi connectivity index (χ0n) is 20.1. The molecular weight excluding hydrogens is 557 g/mol. The summed E-state index contributed by atoms with van der Waals surface area (Å²) >= 11 is 3.49. The molecule has 1 heterocycles. The second-order valence-electron chi connectivity index (χ2n) is 8.81. The fraction of sp³-hybridized carbons (Fsp3) is 0.654. The summed E-state index contributed by atoms with van der Waals surface area (Å²) in [6.07, 6.45) is 18.5. The SMILES string of the molecule is C1CCCc2[se]nnc2CC1.Cc1c(C)c(C)[c-](C)c1C.[Co].[Se]=C1[CH-]CCCCCC1. The molecule has 31 heavy (non-hydrogen) atoms. The summed E-state index contributed by atoms with van der Waals surface area (Å²) < 4.78 is 7.19. The van der Waals surface area contributed by atoms with Crippen LogP contribution in [0.2, 0.25) is 0 Å². The molecule has 1 aromatic carbocycles. The Balaban J connectivity index is 0.000000230. The van der Waals surface area contributed by atoms with Crippen LogP contribution in [0.25, 0.3) is 0 Å². The van der Waals surface area contributed by atoms with Crippen molar-refractivity contribution in [3.05, 3.63) is 44.4 Å². The van der Waals surface area contributed by atoms with Crippen LogP contribution in [0.4, 0.5) is 0 Å². The monoisotopic (exact) mass is 599 g/mol. The van der Waals surface area contributed by atoms with Crippen LogP contribution in [-0.2, 0) is 29.6 Å². The van der Waals surface area contributed by atoms with E-state index < -0.39 is 0 Å². The van der Waals surface area contributed by atoms with E-state index in [1.807, 2.05) is 0 Å². The third kappa shape index (κ3) is 9.78. The Labute approximate surface area is 215 Å². The van der Waals surface area contributed by atoms with Gasteiger partial charge in [0.2, 0.25) is 0 Å². The van der Waals surface area contributed by atoms with Gasteiger partial charge in [-0.05, 0) is 0 Å². The van der Waals surface area contributed by atoms with Crippen LogP contribution in [-0.4, -0.2) is 43.9 Å². The summed E-state index contributed by atoms with van der Waals surface area (Å²) in [4.78, 5) is 0. The van der Waals surface area contributed by atoms with E-state index in [-0.39, 0.29) is 16.8 Å². The molecule has 5 heteroatoms. The third-order valence-corrected chi connectivity index (χ3v) is 9.27. The molecule has 1 radical (unpaired) electrons. The van der Waals surface area contributed by atoms with E-state index in [0.29, 0.717) is 14.7 Å². The van der Waals surface area contributed by atoms with Gasteiger partial charge in [-0.15, -0.1) is 0 Å². The van der Waals surface area contributed by atoms with Gasteiger partial charge < -0.3 is 0 Å². The number of hydrogen-bond donors (Lipinski definition) is 0. The molecule has 2 nitrogen and oxygen atoms in total. The predicted octanol–water partition coefficient (Wildman–Crippen LogP) is 6.02. The summed E-state index contributed by atoms with van der Waals surface area (Å²) in [6, 6.07) is 0. The molecule has 4 rings (SSSR count). The Morgan fingerprint density at radius 2 is 1.35 bits per heavy atom. The first-order valence-corrected chi connectivity index (χ1v) is 14.3. The van der Waals surface area contributed by atoms with Gasteiger partial charge in [-0.25, -0.2) is 0 Å². The number of rotatable bonds is 0. The molecule has 0 unspecified atom stereocenters. The van der Waals surface area contributed by atoms with Crippen LogP contribution in [0.1, 0.15) is 102 Å². The van der Waals surface area contributed by atoms with Crippen molar-refractivity contribution in [3.63, 3.8) is 0 Å². The van der Waals surface area contributed by atoms with Crippen LogP contribution >= 0.6 is 0 Å². The van der Waals surface area contributed by atoms with Crippen molar-refractivity contribution in [2.24, 2.45) is 0 Å². The Bertz CT molecular complexity index is 679. The molecular formula is C26H40CoN2Se2-2. The normalized spacial score (nSPS) is 16.4. The number of nitrogens with zero attached hydrogens (tertiary/aromatic N) is 2. The molecule has 0 aliphatic heterocycles. The van der Waals surface area contributed by atoms with Gasteiger partial charge in [0.25, 0.3) is 0 Å². The van der Waals surface area contributed by atoms with Crippen LogP contribution in [0.15, 0.2) is 0 Å². The molecule has 2 aliphatic rings. The first-order chi connectivity index (χ1) is 14.4. The van der Waals surface area contributed by atoms with Crippen molar-refractivity contribution in [2.45, 2.75) is 112 Å². The maximum absolute atomic E-state index is 4.19. The quantitative estimate of drug-likeness (QED) is 0.274. The van der Waals surface area contributed by atoms with Crippen LogP contribution in [0.5, 0.6) is 0 Å². The first-order valence-electron chi connectivity index (χ1n) is 11.8. The fourth-order valence-electron chi connectivity index (χ4n) is 4.11. The van der Waals surface area contributed by atoms with E-state index in [9.17, 15) is 0 Å². The predicted molar refractivity (Wildman–Crippen MR) is 133 cm³/mol. The summed E-state index contributed by atoms with van der Waals surface area (Å²) in [6.45, 7) is 11.0. The van der Waals surface area contributed by atoms with Crippen molar-refractivity contribution < 1.29 is 16.8 Å². The number of hydrogen-bond acceptors (Lipinski definition) is 2. The Hall–Kier alpha value is -0.0245. The van der Waals surface area contributed by atoms with Crippen molar-refractivity contribution >= 4 is 34.7 Å². The van der Waals surface area contributed by atoms with Crippen LogP contribution < -0.4 is 0 Å². The van der Waals surface area contributed by atoms with Gasteiger partial charge in [-0.2, -0.15) is 27.8 Å². The summed E-state index contributed by atoms with van der Waals surface area (Å²) in [7, 11) is 0. The fourth-order valence-corrected chi connectivity index (χ4v) is 6.17. The van der Waals surface area contributed by atoms with Gasteiger partial charge in [0.05, 0.1) is 0 Å². The molecule has 2 aromatic rings. The number of aromatic nitrogens is 2. The zero-order valence-corrected chi connectivity index (χ0v) is 24.6. The average Bonchev–Trinajstić information content (AvgIpc) is 3.20. The van der Waals surface area contributed by atoms with Gasteiger partial charge >= 0.3 is 138 Å². The van der Waals surface area contributed by atoms with E-state index in [2.05, 4.69) is 65.8 Å². The number of fused-ring (bicyclic) bond motifs is 1. The van der Waals surface area contributed by atoms with Gasteiger partial charge in [-0.3, -0.25) is 0 Å². The van der Waals surface area contributed by atoms with Crippen molar-refractivity contribution in [1.29, 1.82) is 0 Å². The summed E-state index contributed by atoms with van der Waals surface area (Å²) in [5.74, 6) is 0. The second kappa shape index (κ2) is 15.7. The molecule has 2 aliphatic carbocycles. The molecule has 0 amide bonds. The average molecular weight is 597 g/mol.